The molecule has 29 heavy (non-hydrogen) atoms. The van der Waals surface area contributed by atoms with Gasteiger partial charge in [0.1, 0.15) is 11.5 Å². The van der Waals surface area contributed by atoms with Crippen LogP contribution in [0.15, 0.2) is 47.5 Å². The summed E-state index contributed by atoms with van der Waals surface area (Å²) in [6, 6.07) is 7.80. The Kier molecular flexibility index (Phi) is 5.18. The molecule has 3 aromatic heterocycles. The summed E-state index contributed by atoms with van der Waals surface area (Å²) >= 11 is 6.04. The van der Waals surface area contributed by atoms with Crippen LogP contribution in [0.5, 0.6) is 0 Å². The SMILES string of the molecule is O=c1cc(CN2CCN(c3ncc(C(F)(F)F)cc3Cl)CC2)nc2ccccn12. The van der Waals surface area contributed by atoms with Gasteiger partial charge in [0.25, 0.3) is 5.56 Å². The number of hydrogen-bond donors (Lipinski definition) is 0. The molecule has 1 fully saturated rings. The van der Waals surface area contributed by atoms with Crippen molar-refractivity contribution in [2.75, 3.05) is 31.1 Å². The molecule has 0 aliphatic carbocycles. The Morgan fingerprint density at radius 1 is 1.10 bits per heavy atom. The summed E-state index contributed by atoms with van der Waals surface area (Å²) < 4.78 is 39.8. The third-order valence-corrected chi connectivity index (χ3v) is 5.11. The molecule has 1 saturated heterocycles. The Morgan fingerprint density at radius 3 is 2.55 bits per heavy atom. The van der Waals surface area contributed by atoms with Crippen molar-refractivity contribution in [3.63, 3.8) is 0 Å². The highest BCUT2D eigenvalue weighted by molar-refractivity contribution is 6.33. The van der Waals surface area contributed by atoms with Crippen LogP contribution in [-0.2, 0) is 12.7 Å². The fraction of sp³-hybridized carbons (Fsp3) is 0.316. The summed E-state index contributed by atoms with van der Waals surface area (Å²) in [6.45, 7) is 2.93. The van der Waals surface area contributed by atoms with Gasteiger partial charge in [-0.25, -0.2) is 9.97 Å². The molecular formula is C19H17ClF3N5O. The predicted octanol–water partition coefficient (Wildman–Crippen LogP) is 3.08. The molecule has 1 aliphatic heterocycles. The molecule has 0 spiro atoms. The Morgan fingerprint density at radius 2 is 1.86 bits per heavy atom. The molecule has 0 radical (unpaired) electrons. The highest BCUT2D eigenvalue weighted by atomic mass is 35.5. The van der Waals surface area contributed by atoms with Gasteiger partial charge in [-0.2, -0.15) is 13.2 Å². The first-order chi connectivity index (χ1) is 13.8. The monoisotopic (exact) mass is 423 g/mol. The molecule has 0 N–H and O–H groups in total. The van der Waals surface area contributed by atoms with Gasteiger partial charge in [-0.05, 0) is 18.2 Å². The molecule has 6 nitrogen and oxygen atoms in total. The van der Waals surface area contributed by atoms with Crippen molar-refractivity contribution in [2.45, 2.75) is 12.7 Å². The third-order valence-electron chi connectivity index (χ3n) is 4.83. The summed E-state index contributed by atoms with van der Waals surface area (Å²) in [7, 11) is 0. The Bertz CT molecular complexity index is 1090. The molecule has 0 bridgehead atoms. The van der Waals surface area contributed by atoms with Crippen molar-refractivity contribution in [3.8, 4) is 0 Å². The molecule has 0 unspecified atom stereocenters. The van der Waals surface area contributed by atoms with E-state index < -0.39 is 11.7 Å². The normalized spacial score (nSPS) is 15.8. The second-order valence-corrected chi connectivity index (χ2v) is 7.21. The molecule has 152 valence electrons. The molecule has 1 aliphatic rings. The van der Waals surface area contributed by atoms with E-state index in [2.05, 4.69) is 14.9 Å². The zero-order valence-electron chi connectivity index (χ0n) is 15.2. The predicted molar refractivity (Wildman–Crippen MR) is 103 cm³/mol. The van der Waals surface area contributed by atoms with Gasteiger partial charge in [0.2, 0.25) is 0 Å². The van der Waals surface area contributed by atoms with Crippen LogP contribution in [0.3, 0.4) is 0 Å². The second kappa shape index (κ2) is 7.64. The molecule has 10 heteroatoms. The number of fused-ring (bicyclic) bond motifs is 1. The van der Waals surface area contributed by atoms with Crippen molar-refractivity contribution in [1.82, 2.24) is 19.3 Å². The standard InChI is InChI=1S/C19H17ClF3N5O/c20-15-9-13(19(21,22)23)11-24-18(15)27-7-5-26(6-8-27)12-14-10-17(29)28-4-2-1-3-16(28)25-14/h1-4,9-11H,5-8,12H2. The van der Waals surface area contributed by atoms with Crippen molar-refractivity contribution in [3.05, 3.63) is 69.4 Å². The quantitative estimate of drug-likeness (QED) is 0.648. The lowest BCUT2D eigenvalue weighted by molar-refractivity contribution is -0.137. The Hall–Kier alpha value is -2.65. The first kappa shape index (κ1) is 19.7. The molecular weight excluding hydrogens is 407 g/mol. The van der Waals surface area contributed by atoms with Gasteiger partial charge >= 0.3 is 6.18 Å². The summed E-state index contributed by atoms with van der Waals surface area (Å²) in [5.74, 6) is 0.349. The minimum absolute atomic E-state index is 0.0162. The minimum Gasteiger partial charge on any atom is -0.353 e. The average Bonchev–Trinajstić information content (AvgIpc) is 2.68. The molecule has 3 aromatic rings. The zero-order valence-corrected chi connectivity index (χ0v) is 16.0. The number of hydrogen-bond acceptors (Lipinski definition) is 5. The van der Waals surface area contributed by atoms with Crippen LogP contribution in [0.2, 0.25) is 5.02 Å². The number of halogens is 4. The number of anilines is 1. The lowest BCUT2D eigenvalue weighted by Gasteiger charge is -2.35. The van der Waals surface area contributed by atoms with Gasteiger partial charge in [0, 0.05) is 51.2 Å². The van der Waals surface area contributed by atoms with Crippen molar-refractivity contribution in [1.29, 1.82) is 0 Å². The molecule has 4 heterocycles. The molecule has 4 rings (SSSR count). The second-order valence-electron chi connectivity index (χ2n) is 6.80. The topological polar surface area (TPSA) is 53.7 Å². The van der Waals surface area contributed by atoms with Crippen LogP contribution in [0, 0.1) is 0 Å². The number of aromatic nitrogens is 3. The van der Waals surface area contributed by atoms with Gasteiger partial charge in [0.15, 0.2) is 0 Å². The number of alkyl halides is 3. The van der Waals surface area contributed by atoms with E-state index in [1.54, 1.807) is 18.3 Å². The van der Waals surface area contributed by atoms with E-state index >= 15 is 0 Å². The van der Waals surface area contributed by atoms with Gasteiger partial charge in [-0.15, -0.1) is 0 Å². The van der Waals surface area contributed by atoms with Crippen molar-refractivity contribution < 1.29 is 13.2 Å². The number of nitrogens with zero attached hydrogens (tertiary/aromatic N) is 5. The van der Waals surface area contributed by atoms with Gasteiger partial charge in [-0.3, -0.25) is 14.1 Å². The summed E-state index contributed by atoms with van der Waals surface area (Å²) in [5.41, 5.74) is 0.276. The van der Waals surface area contributed by atoms with Gasteiger partial charge in [-0.1, -0.05) is 17.7 Å². The fourth-order valence-corrected chi connectivity index (χ4v) is 3.64. The smallest absolute Gasteiger partial charge is 0.353 e. The number of rotatable bonds is 3. The molecule has 0 aromatic carbocycles. The lowest BCUT2D eigenvalue weighted by atomic mass is 10.2. The van der Waals surface area contributed by atoms with E-state index in [0.717, 1.165) is 12.3 Å². The van der Waals surface area contributed by atoms with E-state index in [4.69, 9.17) is 11.6 Å². The first-order valence-corrected chi connectivity index (χ1v) is 9.36. The van der Waals surface area contributed by atoms with E-state index in [-0.39, 0.29) is 10.6 Å². The fourth-order valence-electron chi connectivity index (χ4n) is 3.35. The van der Waals surface area contributed by atoms with Crippen LogP contribution in [0.1, 0.15) is 11.3 Å². The van der Waals surface area contributed by atoms with Crippen LogP contribution in [0.25, 0.3) is 5.65 Å². The van der Waals surface area contributed by atoms with E-state index in [9.17, 15) is 18.0 Å². The highest BCUT2D eigenvalue weighted by Crippen LogP contribution is 2.33. The average molecular weight is 424 g/mol. The summed E-state index contributed by atoms with van der Waals surface area (Å²) in [6.07, 6.45) is -1.99. The largest absolute Gasteiger partial charge is 0.417 e. The maximum absolute atomic E-state index is 12.8. The third kappa shape index (κ3) is 4.20. The summed E-state index contributed by atoms with van der Waals surface area (Å²) in [4.78, 5) is 24.6. The number of pyridine rings is 2. The zero-order chi connectivity index (χ0) is 20.6. The maximum Gasteiger partial charge on any atom is 0.417 e. The lowest BCUT2D eigenvalue weighted by Crippen LogP contribution is -2.46. The van der Waals surface area contributed by atoms with E-state index in [1.807, 2.05) is 11.0 Å². The molecule has 0 saturated carbocycles. The molecule has 0 atom stereocenters. The van der Waals surface area contributed by atoms with Crippen LogP contribution >= 0.6 is 11.6 Å². The van der Waals surface area contributed by atoms with E-state index in [0.29, 0.717) is 49.9 Å². The first-order valence-electron chi connectivity index (χ1n) is 8.98. The van der Waals surface area contributed by atoms with Gasteiger partial charge < -0.3 is 4.90 Å². The van der Waals surface area contributed by atoms with E-state index in [1.165, 1.54) is 10.5 Å². The molecule has 0 amide bonds. The Labute approximate surface area is 169 Å². The summed E-state index contributed by atoms with van der Waals surface area (Å²) in [5, 5.41) is -0.0162. The van der Waals surface area contributed by atoms with Crippen molar-refractivity contribution >= 4 is 23.1 Å². The highest BCUT2D eigenvalue weighted by Gasteiger charge is 2.32. The maximum atomic E-state index is 12.8. The minimum atomic E-state index is -4.47. The Balaban J connectivity index is 1.43. The van der Waals surface area contributed by atoms with Crippen LogP contribution in [0.4, 0.5) is 19.0 Å². The number of piperazine rings is 1. The van der Waals surface area contributed by atoms with Crippen molar-refractivity contribution in [2.24, 2.45) is 0 Å². The van der Waals surface area contributed by atoms with Gasteiger partial charge in [0.05, 0.1) is 16.3 Å². The van der Waals surface area contributed by atoms with Crippen LogP contribution in [-0.4, -0.2) is 45.4 Å². The van der Waals surface area contributed by atoms with Crippen LogP contribution < -0.4 is 10.5 Å².